The highest BCUT2D eigenvalue weighted by atomic mass is 79.9. The lowest BCUT2D eigenvalue weighted by molar-refractivity contribution is -0.274. The molecule has 1 aromatic carbocycles. The van der Waals surface area contributed by atoms with E-state index in [0.29, 0.717) is 10.7 Å². The molecule has 0 saturated heterocycles. The molecule has 0 unspecified atom stereocenters. The predicted octanol–water partition coefficient (Wildman–Crippen LogP) is 3.15. The lowest BCUT2D eigenvalue weighted by Gasteiger charge is -2.10. The minimum absolute atomic E-state index is 0.110. The number of hydrogen-bond donors (Lipinski definition) is 1. The summed E-state index contributed by atoms with van der Waals surface area (Å²) in [7, 11) is 0. The number of aromatic nitrogens is 5. The molecule has 0 aliphatic rings. The fraction of sp³-hybridized carbons (Fsp3) is 0.167. The van der Waals surface area contributed by atoms with Gasteiger partial charge in [-0.15, -0.1) is 18.3 Å². The number of hydrogen-bond acceptors (Lipinski definition) is 7. The highest BCUT2D eigenvalue weighted by Crippen LogP contribution is 2.33. The zero-order valence-electron chi connectivity index (χ0n) is 11.9. The quantitative estimate of drug-likeness (QED) is 0.650. The SMILES string of the molecule is CSc1nc(N)n2nc(-c3ccc(OC(F)(F)F)c(Br)c3)nc2n1. The third-order valence-corrected chi connectivity index (χ3v) is 3.98. The highest BCUT2D eigenvalue weighted by molar-refractivity contribution is 9.10. The van der Waals surface area contributed by atoms with Crippen LogP contribution in [-0.2, 0) is 0 Å². The summed E-state index contributed by atoms with van der Waals surface area (Å²) in [4.78, 5) is 12.4. The van der Waals surface area contributed by atoms with E-state index in [2.05, 4.69) is 40.7 Å². The number of anilines is 1. The van der Waals surface area contributed by atoms with Crippen molar-refractivity contribution >= 4 is 39.4 Å². The molecule has 0 atom stereocenters. The van der Waals surface area contributed by atoms with Crippen molar-refractivity contribution in [2.24, 2.45) is 0 Å². The van der Waals surface area contributed by atoms with Gasteiger partial charge in [0.2, 0.25) is 5.95 Å². The van der Waals surface area contributed by atoms with Crippen LogP contribution in [0.15, 0.2) is 27.8 Å². The second-order valence-electron chi connectivity index (χ2n) is 4.41. The van der Waals surface area contributed by atoms with E-state index < -0.39 is 6.36 Å². The Morgan fingerprint density at radius 3 is 2.62 bits per heavy atom. The van der Waals surface area contributed by atoms with Crippen LogP contribution in [0.4, 0.5) is 19.1 Å². The van der Waals surface area contributed by atoms with Gasteiger partial charge in [-0.05, 0) is 40.4 Å². The van der Waals surface area contributed by atoms with Crippen LogP contribution in [0.2, 0.25) is 0 Å². The first-order chi connectivity index (χ1) is 11.3. The number of alkyl halides is 3. The number of rotatable bonds is 3. The molecule has 2 heterocycles. The molecule has 0 radical (unpaired) electrons. The molecule has 12 heteroatoms. The maximum Gasteiger partial charge on any atom is 0.573 e. The molecule has 0 aliphatic carbocycles. The van der Waals surface area contributed by atoms with Crippen molar-refractivity contribution in [2.75, 3.05) is 12.0 Å². The van der Waals surface area contributed by atoms with Crippen LogP contribution in [0.5, 0.6) is 5.75 Å². The summed E-state index contributed by atoms with van der Waals surface area (Å²) < 4.78 is 42.2. The minimum Gasteiger partial charge on any atom is -0.405 e. The summed E-state index contributed by atoms with van der Waals surface area (Å²) >= 11 is 4.33. The zero-order valence-corrected chi connectivity index (χ0v) is 14.3. The van der Waals surface area contributed by atoms with Gasteiger partial charge in [0.1, 0.15) is 5.75 Å². The normalized spacial score (nSPS) is 11.9. The summed E-state index contributed by atoms with van der Waals surface area (Å²) in [6.07, 6.45) is -2.98. The first-order valence-corrected chi connectivity index (χ1v) is 8.28. The first-order valence-electron chi connectivity index (χ1n) is 6.27. The van der Waals surface area contributed by atoms with E-state index in [1.165, 1.54) is 34.5 Å². The monoisotopic (exact) mass is 420 g/mol. The maximum absolute atomic E-state index is 12.3. The highest BCUT2D eigenvalue weighted by Gasteiger charge is 2.32. The molecular weight excluding hydrogens is 413 g/mol. The number of nitrogens with two attached hydrogens (primary N) is 1. The smallest absolute Gasteiger partial charge is 0.405 e. The second-order valence-corrected chi connectivity index (χ2v) is 6.04. The van der Waals surface area contributed by atoms with Gasteiger partial charge in [0.15, 0.2) is 11.0 Å². The zero-order chi connectivity index (χ0) is 17.5. The summed E-state index contributed by atoms with van der Waals surface area (Å²) in [6.45, 7) is 0. The number of halogens is 4. The van der Waals surface area contributed by atoms with Crippen molar-refractivity contribution in [2.45, 2.75) is 11.5 Å². The van der Waals surface area contributed by atoms with Crippen LogP contribution in [0.1, 0.15) is 0 Å². The second kappa shape index (κ2) is 6.09. The van der Waals surface area contributed by atoms with Crippen LogP contribution >= 0.6 is 27.7 Å². The van der Waals surface area contributed by atoms with Gasteiger partial charge in [0.05, 0.1) is 4.47 Å². The van der Waals surface area contributed by atoms with Crippen LogP contribution in [0.25, 0.3) is 17.2 Å². The molecule has 0 amide bonds. The first kappa shape index (κ1) is 16.8. The van der Waals surface area contributed by atoms with Crippen molar-refractivity contribution in [1.82, 2.24) is 24.6 Å². The van der Waals surface area contributed by atoms with Crippen LogP contribution in [0, 0.1) is 0 Å². The van der Waals surface area contributed by atoms with Crippen molar-refractivity contribution < 1.29 is 17.9 Å². The Kier molecular flexibility index (Phi) is 4.25. The van der Waals surface area contributed by atoms with E-state index >= 15 is 0 Å². The molecule has 126 valence electrons. The number of thioether (sulfide) groups is 1. The number of fused-ring (bicyclic) bond motifs is 1. The van der Waals surface area contributed by atoms with E-state index in [4.69, 9.17) is 5.73 Å². The van der Waals surface area contributed by atoms with Crippen LogP contribution in [-0.4, -0.2) is 37.2 Å². The fourth-order valence-corrected chi connectivity index (χ4v) is 2.66. The maximum atomic E-state index is 12.3. The predicted molar refractivity (Wildman–Crippen MR) is 84.6 cm³/mol. The van der Waals surface area contributed by atoms with E-state index in [-0.39, 0.29) is 27.8 Å². The molecule has 3 aromatic rings. The Morgan fingerprint density at radius 1 is 1.25 bits per heavy atom. The molecule has 3 rings (SSSR count). The molecular formula is C12H8BrF3N6OS. The third kappa shape index (κ3) is 3.38. The Morgan fingerprint density at radius 2 is 2.00 bits per heavy atom. The Bertz CT molecular complexity index is 916. The van der Waals surface area contributed by atoms with E-state index in [1.807, 2.05) is 0 Å². The van der Waals surface area contributed by atoms with Crippen LogP contribution in [0.3, 0.4) is 0 Å². The van der Waals surface area contributed by atoms with Gasteiger partial charge in [-0.1, -0.05) is 11.8 Å². The molecule has 2 N–H and O–H groups in total. The molecule has 2 aromatic heterocycles. The topological polar surface area (TPSA) is 91.2 Å². The summed E-state index contributed by atoms with van der Waals surface area (Å²) in [6, 6.07) is 3.98. The molecule has 0 spiro atoms. The van der Waals surface area contributed by atoms with E-state index in [1.54, 1.807) is 6.26 Å². The summed E-state index contributed by atoms with van der Waals surface area (Å²) in [5.41, 5.74) is 6.25. The van der Waals surface area contributed by atoms with E-state index in [0.717, 1.165) is 0 Å². The Hall–Kier alpha value is -2.08. The molecule has 7 nitrogen and oxygen atoms in total. The minimum atomic E-state index is -4.77. The summed E-state index contributed by atoms with van der Waals surface area (Å²) in [5, 5.41) is 4.60. The average Bonchev–Trinajstić information content (AvgIpc) is 2.92. The lowest BCUT2D eigenvalue weighted by atomic mass is 10.2. The third-order valence-electron chi connectivity index (χ3n) is 2.81. The fourth-order valence-electron chi connectivity index (χ4n) is 1.85. The van der Waals surface area contributed by atoms with Crippen molar-refractivity contribution in [3.05, 3.63) is 22.7 Å². The van der Waals surface area contributed by atoms with Gasteiger partial charge in [-0.3, -0.25) is 0 Å². The van der Waals surface area contributed by atoms with Crippen molar-refractivity contribution in [3.63, 3.8) is 0 Å². The Labute approximate surface area is 145 Å². The number of benzene rings is 1. The van der Waals surface area contributed by atoms with Gasteiger partial charge in [0.25, 0.3) is 5.78 Å². The van der Waals surface area contributed by atoms with Gasteiger partial charge in [0, 0.05) is 5.56 Å². The molecule has 0 saturated carbocycles. The van der Waals surface area contributed by atoms with E-state index in [9.17, 15) is 13.2 Å². The van der Waals surface area contributed by atoms with Crippen molar-refractivity contribution in [3.8, 4) is 17.1 Å². The standard InChI is InChI=1S/C12H8BrF3N6OS/c1-24-11-19-9(17)22-10(20-11)18-8(21-22)5-2-3-7(6(13)4-5)23-12(14,15)16/h2-4H,1H3,(H2,17,18,19,20,21). The number of nitrogens with zero attached hydrogens (tertiary/aromatic N) is 5. The van der Waals surface area contributed by atoms with Gasteiger partial charge in [-0.25, -0.2) is 0 Å². The van der Waals surface area contributed by atoms with Crippen LogP contribution < -0.4 is 10.5 Å². The molecule has 24 heavy (non-hydrogen) atoms. The largest absolute Gasteiger partial charge is 0.573 e. The number of ether oxygens (including phenoxy) is 1. The van der Waals surface area contributed by atoms with Gasteiger partial charge >= 0.3 is 6.36 Å². The van der Waals surface area contributed by atoms with Gasteiger partial charge < -0.3 is 10.5 Å². The molecule has 0 aliphatic heterocycles. The lowest BCUT2D eigenvalue weighted by Crippen LogP contribution is -2.17. The average molecular weight is 421 g/mol. The number of nitrogen functional groups attached to an aromatic ring is 1. The summed E-state index contributed by atoms with van der Waals surface area (Å²) in [5.74, 6) is 0.236. The molecule has 0 bridgehead atoms. The molecule has 0 fully saturated rings. The Balaban J connectivity index is 2.01. The van der Waals surface area contributed by atoms with Crippen molar-refractivity contribution in [1.29, 1.82) is 0 Å². The van der Waals surface area contributed by atoms with Gasteiger partial charge in [-0.2, -0.15) is 19.5 Å².